The van der Waals surface area contributed by atoms with Gasteiger partial charge in [0.25, 0.3) is 5.56 Å². The number of aromatic nitrogens is 4. The molecule has 8 nitrogen and oxygen atoms in total. The van der Waals surface area contributed by atoms with Crippen molar-refractivity contribution in [2.24, 2.45) is 0 Å². The first kappa shape index (κ1) is 48.0. The van der Waals surface area contributed by atoms with Crippen molar-refractivity contribution in [2.75, 3.05) is 19.8 Å². The summed E-state index contributed by atoms with van der Waals surface area (Å²) in [6.07, 6.45) is 5.91. The zero-order valence-corrected chi connectivity index (χ0v) is 42.7. The normalized spacial score (nSPS) is 16.3. The second kappa shape index (κ2) is 18.7. The highest BCUT2D eigenvalue weighted by atomic mass is 35.5. The fourth-order valence-electron chi connectivity index (χ4n) is 7.92. The molecule has 13 heteroatoms. The maximum Gasteiger partial charge on any atom is 0.255 e. The number of rotatable bonds is 13. The smallest absolute Gasteiger partial charge is 0.255 e. The molecule has 1 saturated heterocycles. The summed E-state index contributed by atoms with van der Waals surface area (Å²) in [4.78, 5) is 20.4. The van der Waals surface area contributed by atoms with E-state index >= 15 is 9.18 Å². The highest BCUT2D eigenvalue weighted by Gasteiger charge is 2.40. The number of benzene rings is 3. The third-order valence-corrected chi connectivity index (χ3v) is 23.3. The molecular weight excluding hydrogens is 879 g/mol. The molecule has 0 bridgehead atoms. The van der Waals surface area contributed by atoms with Crippen LogP contribution in [-0.2, 0) is 13.6 Å². The lowest BCUT2D eigenvalue weighted by atomic mass is 9.86. The Kier molecular flexibility index (Phi) is 14.1. The number of fused-ring (bicyclic) bond motifs is 1. The second-order valence-electron chi connectivity index (χ2n) is 20.3. The van der Waals surface area contributed by atoms with Gasteiger partial charge in [-0.05, 0) is 128 Å². The molecule has 3 atom stereocenters. The number of halogens is 3. The van der Waals surface area contributed by atoms with E-state index < -0.39 is 34.4 Å². The van der Waals surface area contributed by atoms with Gasteiger partial charge in [-0.3, -0.25) is 9.78 Å². The molecule has 4 heterocycles. The molecule has 0 spiro atoms. The Labute approximate surface area is 390 Å². The van der Waals surface area contributed by atoms with Crippen molar-refractivity contribution in [1.29, 1.82) is 0 Å². The summed E-state index contributed by atoms with van der Waals surface area (Å²) < 4.78 is 41.2. The van der Waals surface area contributed by atoms with E-state index in [4.69, 9.17) is 41.9 Å². The first-order valence-corrected chi connectivity index (χ1v) is 28.9. The maximum atomic E-state index is 17.5. The molecule has 1 aliphatic rings. The van der Waals surface area contributed by atoms with Crippen LogP contribution in [0.2, 0.25) is 46.3 Å². The second-order valence-corrected chi connectivity index (χ2v) is 30.8. The lowest BCUT2D eigenvalue weighted by Gasteiger charge is -2.38. The minimum absolute atomic E-state index is 0.0779. The van der Waals surface area contributed by atoms with Crippen LogP contribution >= 0.6 is 23.2 Å². The van der Waals surface area contributed by atoms with Gasteiger partial charge in [-0.15, -0.1) is 0 Å². The molecule has 0 radical (unpaired) electrons. The number of nitrogens with zero attached hydrogens (tertiary/aromatic N) is 4. The fraction of sp³-hybridized carbons (Fsp3) is 0.431. The van der Waals surface area contributed by atoms with E-state index in [1.54, 1.807) is 23.0 Å². The summed E-state index contributed by atoms with van der Waals surface area (Å²) in [6.45, 7) is 24.9. The monoisotopic (exact) mass is 940 g/mol. The average Bonchev–Trinajstić information content (AvgIpc) is 3.59. The Hall–Kier alpha value is -3.95. The van der Waals surface area contributed by atoms with E-state index in [1.807, 2.05) is 84.4 Å². The van der Waals surface area contributed by atoms with E-state index in [0.717, 1.165) is 47.0 Å². The minimum Gasteiger partial charge on any atom is -0.416 e. The molecule has 1 fully saturated rings. The van der Waals surface area contributed by atoms with Gasteiger partial charge in [0.15, 0.2) is 22.9 Å². The molecule has 3 aromatic heterocycles. The van der Waals surface area contributed by atoms with Gasteiger partial charge in [0.1, 0.15) is 11.5 Å². The van der Waals surface area contributed by atoms with Crippen LogP contribution in [0.3, 0.4) is 0 Å². The van der Waals surface area contributed by atoms with Crippen LogP contribution in [0, 0.1) is 12.7 Å². The van der Waals surface area contributed by atoms with Crippen molar-refractivity contribution in [3.8, 4) is 22.4 Å². The lowest BCUT2D eigenvalue weighted by molar-refractivity contribution is -0.0365. The summed E-state index contributed by atoms with van der Waals surface area (Å²) in [5.41, 5.74) is 5.43. The van der Waals surface area contributed by atoms with E-state index in [-0.39, 0.29) is 40.6 Å². The fourth-order valence-corrected chi connectivity index (χ4v) is 10.3. The van der Waals surface area contributed by atoms with Crippen LogP contribution in [0.15, 0.2) is 96.1 Å². The van der Waals surface area contributed by atoms with Crippen LogP contribution in [0.5, 0.6) is 0 Å². The van der Waals surface area contributed by atoms with Gasteiger partial charge in [-0.1, -0.05) is 89.0 Å². The van der Waals surface area contributed by atoms with Crippen molar-refractivity contribution in [2.45, 2.75) is 122 Å². The molecule has 0 aliphatic carbocycles. The number of aryl methyl sites for hydroxylation is 1. The Morgan fingerprint density at radius 3 is 2.08 bits per heavy atom. The first-order valence-electron chi connectivity index (χ1n) is 22.4. The topological polar surface area (TPSA) is 80.4 Å². The molecule has 1 aliphatic heterocycles. The molecule has 7 rings (SSSR count). The van der Waals surface area contributed by atoms with Crippen LogP contribution in [0.4, 0.5) is 4.39 Å². The van der Waals surface area contributed by atoms with Gasteiger partial charge < -0.3 is 18.2 Å². The first-order chi connectivity index (χ1) is 30.1. The zero-order chi connectivity index (χ0) is 46.4. The number of hydrogen-bond acceptors (Lipinski definition) is 6. The SMILES string of the molecule is Cc1cc(-c2nn(C3CCCCO3)c3cc(F)c(-c4ccn([C@H](CO[Si](C)(C)C(C)(C)C)c5cccc(Cl)c5)c(=O)c4[C@@H](CO[Si](C)(C)C(C)(C)C)c4cccc(Cl)c4)cc23)ccn1. The largest absolute Gasteiger partial charge is 0.416 e. The minimum atomic E-state index is -2.39. The lowest BCUT2D eigenvalue weighted by Crippen LogP contribution is -2.43. The highest BCUT2D eigenvalue weighted by Crippen LogP contribution is 2.43. The van der Waals surface area contributed by atoms with Crippen molar-refractivity contribution in [3.05, 3.63) is 140 Å². The van der Waals surface area contributed by atoms with E-state index in [2.05, 4.69) is 72.7 Å². The third-order valence-electron chi connectivity index (χ3n) is 13.8. The summed E-state index contributed by atoms with van der Waals surface area (Å²) >= 11 is 13.4. The van der Waals surface area contributed by atoms with Crippen LogP contribution in [-0.4, -0.2) is 55.8 Å². The Balaban J connectivity index is 1.52. The van der Waals surface area contributed by atoms with Gasteiger partial charge >= 0.3 is 0 Å². The van der Waals surface area contributed by atoms with Gasteiger partial charge in [-0.2, -0.15) is 5.10 Å². The summed E-state index contributed by atoms with van der Waals surface area (Å²) in [6, 6.07) is 23.8. The molecule has 340 valence electrons. The molecule has 6 aromatic rings. The summed E-state index contributed by atoms with van der Waals surface area (Å²) in [5, 5.41) is 6.74. The number of pyridine rings is 2. The van der Waals surface area contributed by atoms with E-state index in [0.29, 0.717) is 39.0 Å². The molecule has 1 unspecified atom stereocenters. The summed E-state index contributed by atoms with van der Waals surface area (Å²) in [7, 11) is -4.70. The van der Waals surface area contributed by atoms with Crippen molar-refractivity contribution in [1.82, 2.24) is 19.3 Å². The Morgan fingerprint density at radius 2 is 1.47 bits per heavy atom. The Morgan fingerprint density at radius 1 is 0.828 bits per heavy atom. The predicted octanol–water partition coefficient (Wildman–Crippen LogP) is 14.1. The standard InChI is InChI=1S/C51H63Cl2FN4O4Si2/c1-33-26-36(21-23-55-33)48-41-29-40(43(54)30-44(41)58(56-48)46-20-12-13-25-60-46)39-22-24-57(45(35-17-15-19-38(53)28-35)32-62-64(10,11)51(5,6)7)49(59)47(39)42(34-16-14-18-37(52)27-34)31-61-63(8,9)50(2,3)4/h14-19,21-24,26-30,42,45-46H,12-13,20,25,31-32H2,1-11H3/t42-,45+,46?/m0/s1. The van der Waals surface area contributed by atoms with E-state index in [1.165, 1.54) is 0 Å². The van der Waals surface area contributed by atoms with E-state index in [9.17, 15) is 0 Å². The third kappa shape index (κ3) is 10.1. The van der Waals surface area contributed by atoms with Crippen LogP contribution in [0.25, 0.3) is 33.3 Å². The molecular formula is C51H63Cl2FN4O4Si2. The molecule has 3 aromatic carbocycles. The zero-order valence-electron chi connectivity index (χ0n) is 39.2. The van der Waals surface area contributed by atoms with Gasteiger partial charge in [0.05, 0.1) is 18.2 Å². The predicted molar refractivity (Wildman–Crippen MR) is 265 cm³/mol. The van der Waals surface area contributed by atoms with Crippen molar-refractivity contribution in [3.63, 3.8) is 0 Å². The Bertz CT molecular complexity index is 2700. The maximum absolute atomic E-state index is 17.5. The average molecular weight is 942 g/mol. The molecule has 64 heavy (non-hydrogen) atoms. The molecule has 0 N–H and O–H groups in total. The highest BCUT2D eigenvalue weighted by molar-refractivity contribution is 6.74. The molecule has 0 amide bonds. The van der Waals surface area contributed by atoms with Gasteiger partial charge in [0.2, 0.25) is 0 Å². The number of ether oxygens (including phenoxy) is 1. The van der Waals surface area contributed by atoms with Gasteiger partial charge in [0, 0.05) is 75.4 Å². The molecule has 0 saturated carbocycles. The van der Waals surface area contributed by atoms with Crippen molar-refractivity contribution >= 4 is 50.7 Å². The van der Waals surface area contributed by atoms with Crippen LogP contribution < -0.4 is 5.56 Å². The number of hydrogen-bond donors (Lipinski definition) is 0. The summed E-state index contributed by atoms with van der Waals surface area (Å²) in [5.74, 6) is -1.12. The van der Waals surface area contributed by atoms with Crippen LogP contribution in [0.1, 0.15) is 101 Å². The van der Waals surface area contributed by atoms with Gasteiger partial charge in [-0.25, -0.2) is 9.07 Å². The quantitative estimate of drug-likeness (QED) is 0.107. The van der Waals surface area contributed by atoms with Crippen molar-refractivity contribution < 1.29 is 18.0 Å².